The molecule has 1 atom stereocenters. The zero-order chi connectivity index (χ0) is 14.7. The molecule has 0 amide bonds. The van der Waals surface area contributed by atoms with E-state index in [2.05, 4.69) is 53.1 Å². The van der Waals surface area contributed by atoms with Gasteiger partial charge in [0.15, 0.2) is 0 Å². The summed E-state index contributed by atoms with van der Waals surface area (Å²) >= 11 is 0. The molecule has 112 valence electrons. The number of benzene rings is 1. The number of nitrogens with two attached hydrogens (primary N) is 1. The molecule has 0 saturated heterocycles. The van der Waals surface area contributed by atoms with E-state index in [-0.39, 0.29) is 11.5 Å². The topological polar surface area (TPSA) is 43.8 Å². The van der Waals surface area contributed by atoms with E-state index in [0.29, 0.717) is 0 Å². The molecule has 1 saturated carbocycles. The third kappa shape index (κ3) is 2.51. The second-order valence-electron chi connectivity index (χ2n) is 6.19. The normalized spacial score (nSPS) is 18.8. The predicted octanol–water partition coefficient (Wildman–Crippen LogP) is 3.80. The summed E-state index contributed by atoms with van der Waals surface area (Å²) in [5.74, 6) is 0. The fraction of sp³-hybridized carbons (Fsp3) is 0.500. The fourth-order valence-corrected chi connectivity index (χ4v) is 3.84. The van der Waals surface area contributed by atoms with Crippen LogP contribution in [0.2, 0.25) is 0 Å². The lowest BCUT2D eigenvalue weighted by Crippen LogP contribution is -2.37. The molecule has 1 aromatic carbocycles. The van der Waals surface area contributed by atoms with Crippen molar-refractivity contribution in [3.63, 3.8) is 0 Å². The zero-order valence-corrected chi connectivity index (χ0v) is 12.8. The van der Waals surface area contributed by atoms with Crippen LogP contribution in [0.5, 0.6) is 0 Å². The van der Waals surface area contributed by atoms with Crippen LogP contribution in [0.1, 0.15) is 56.3 Å². The molecule has 3 heteroatoms. The Morgan fingerprint density at radius 2 is 1.90 bits per heavy atom. The molecule has 2 N–H and O–H groups in total. The largest absolute Gasteiger partial charge is 0.322 e. The van der Waals surface area contributed by atoms with Crippen molar-refractivity contribution in [1.29, 1.82) is 0 Å². The van der Waals surface area contributed by atoms with E-state index in [1.165, 1.54) is 36.9 Å². The van der Waals surface area contributed by atoms with E-state index in [1.54, 1.807) is 0 Å². The molecule has 3 rings (SSSR count). The Labute approximate surface area is 127 Å². The molecule has 1 aliphatic carbocycles. The Kier molecular flexibility index (Phi) is 4.11. The summed E-state index contributed by atoms with van der Waals surface area (Å²) in [5, 5.41) is 4.46. The molecule has 0 radical (unpaired) electrons. The van der Waals surface area contributed by atoms with Crippen LogP contribution in [0.15, 0.2) is 42.6 Å². The maximum atomic E-state index is 6.78. The molecule has 1 aromatic heterocycles. The Bertz CT molecular complexity index is 567. The zero-order valence-electron chi connectivity index (χ0n) is 12.8. The van der Waals surface area contributed by atoms with E-state index < -0.39 is 0 Å². The van der Waals surface area contributed by atoms with E-state index in [0.717, 1.165) is 13.0 Å². The van der Waals surface area contributed by atoms with Crippen LogP contribution in [0.4, 0.5) is 0 Å². The van der Waals surface area contributed by atoms with Crippen LogP contribution < -0.4 is 5.73 Å². The highest BCUT2D eigenvalue weighted by Crippen LogP contribution is 2.48. The van der Waals surface area contributed by atoms with Crippen molar-refractivity contribution in [2.75, 3.05) is 0 Å². The molecular formula is C18H25N3. The van der Waals surface area contributed by atoms with Crippen LogP contribution in [-0.2, 0) is 12.0 Å². The van der Waals surface area contributed by atoms with Crippen molar-refractivity contribution in [2.45, 2.75) is 57.0 Å². The van der Waals surface area contributed by atoms with Gasteiger partial charge in [0.2, 0.25) is 0 Å². The molecule has 1 unspecified atom stereocenters. The van der Waals surface area contributed by atoms with Gasteiger partial charge in [0.1, 0.15) is 0 Å². The highest BCUT2D eigenvalue weighted by Gasteiger charge is 2.42. The van der Waals surface area contributed by atoms with Crippen LogP contribution in [0.3, 0.4) is 0 Å². The maximum Gasteiger partial charge on any atom is 0.0565 e. The highest BCUT2D eigenvalue weighted by atomic mass is 15.3. The highest BCUT2D eigenvalue weighted by molar-refractivity contribution is 5.32. The van der Waals surface area contributed by atoms with Gasteiger partial charge >= 0.3 is 0 Å². The number of nitrogens with zero attached hydrogens (tertiary/aromatic N) is 2. The third-order valence-corrected chi connectivity index (χ3v) is 4.94. The van der Waals surface area contributed by atoms with E-state index >= 15 is 0 Å². The minimum atomic E-state index is 0.0245. The molecule has 1 aliphatic rings. The minimum Gasteiger partial charge on any atom is -0.322 e. The Morgan fingerprint density at radius 3 is 2.57 bits per heavy atom. The quantitative estimate of drug-likeness (QED) is 0.907. The van der Waals surface area contributed by atoms with Crippen molar-refractivity contribution in [2.24, 2.45) is 5.73 Å². The molecule has 3 nitrogen and oxygen atoms in total. The second-order valence-corrected chi connectivity index (χ2v) is 6.19. The average Bonchev–Trinajstić information content (AvgIpc) is 3.18. The summed E-state index contributed by atoms with van der Waals surface area (Å²) < 4.78 is 2.09. The molecule has 0 aliphatic heterocycles. The van der Waals surface area contributed by atoms with Gasteiger partial charge in [-0.2, -0.15) is 5.10 Å². The molecule has 2 aromatic rings. The summed E-state index contributed by atoms with van der Waals surface area (Å²) in [6.45, 7) is 3.13. The van der Waals surface area contributed by atoms with Crippen molar-refractivity contribution in [1.82, 2.24) is 9.78 Å². The molecule has 1 heterocycles. The monoisotopic (exact) mass is 283 g/mol. The first-order chi connectivity index (χ1) is 10.3. The van der Waals surface area contributed by atoms with Gasteiger partial charge in [0.05, 0.1) is 11.7 Å². The average molecular weight is 283 g/mol. The number of aromatic nitrogens is 2. The first-order valence-corrected chi connectivity index (χ1v) is 8.11. The predicted molar refractivity (Wildman–Crippen MR) is 86.0 cm³/mol. The minimum absolute atomic E-state index is 0.0245. The standard InChI is InChI=1S/C18H25N3/c1-2-14-21-16(10-13-20-21)17(19)18(11-6-7-12-18)15-8-4-3-5-9-15/h3-5,8-10,13,17H,2,6-7,11-12,14,19H2,1H3. The lowest BCUT2D eigenvalue weighted by molar-refractivity contribution is 0.337. The summed E-state index contributed by atoms with van der Waals surface area (Å²) in [6.07, 6.45) is 7.86. The van der Waals surface area contributed by atoms with E-state index in [4.69, 9.17) is 5.73 Å². The van der Waals surface area contributed by atoms with Crippen molar-refractivity contribution < 1.29 is 0 Å². The number of rotatable bonds is 5. The Balaban J connectivity index is 1.99. The van der Waals surface area contributed by atoms with Gasteiger partial charge in [-0.15, -0.1) is 0 Å². The summed E-state index contributed by atoms with van der Waals surface area (Å²) in [6, 6.07) is 13.0. The molecule has 21 heavy (non-hydrogen) atoms. The van der Waals surface area contributed by atoms with Crippen LogP contribution >= 0.6 is 0 Å². The molecule has 0 spiro atoms. The van der Waals surface area contributed by atoms with E-state index in [1.807, 2.05) is 6.20 Å². The first-order valence-electron chi connectivity index (χ1n) is 8.11. The molecule has 0 bridgehead atoms. The summed E-state index contributed by atoms with van der Waals surface area (Å²) in [4.78, 5) is 0. The van der Waals surface area contributed by atoms with Crippen molar-refractivity contribution >= 4 is 0 Å². The lowest BCUT2D eigenvalue weighted by atomic mass is 9.72. The van der Waals surface area contributed by atoms with Gasteiger partial charge in [-0.25, -0.2) is 0 Å². The van der Waals surface area contributed by atoms with Crippen molar-refractivity contribution in [3.8, 4) is 0 Å². The number of hydrogen-bond acceptors (Lipinski definition) is 2. The lowest BCUT2D eigenvalue weighted by Gasteiger charge is -2.36. The van der Waals surface area contributed by atoms with Crippen LogP contribution in [0, 0.1) is 0 Å². The van der Waals surface area contributed by atoms with Gasteiger partial charge in [-0.05, 0) is 30.9 Å². The van der Waals surface area contributed by atoms with Gasteiger partial charge in [0.25, 0.3) is 0 Å². The van der Waals surface area contributed by atoms with Crippen LogP contribution in [0.25, 0.3) is 0 Å². The smallest absolute Gasteiger partial charge is 0.0565 e. The fourth-order valence-electron chi connectivity index (χ4n) is 3.84. The second kappa shape index (κ2) is 6.02. The van der Waals surface area contributed by atoms with E-state index in [9.17, 15) is 0 Å². The van der Waals surface area contributed by atoms with Gasteiger partial charge in [0, 0.05) is 18.2 Å². The SMILES string of the molecule is CCCn1nccc1C(N)C1(c2ccccc2)CCCC1. The number of hydrogen-bond donors (Lipinski definition) is 1. The Morgan fingerprint density at radius 1 is 1.19 bits per heavy atom. The number of aryl methyl sites for hydroxylation is 1. The maximum absolute atomic E-state index is 6.78. The van der Waals surface area contributed by atoms with Gasteiger partial charge in [-0.1, -0.05) is 50.1 Å². The van der Waals surface area contributed by atoms with Crippen LogP contribution in [-0.4, -0.2) is 9.78 Å². The van der Waals surface area contributed by atoms with Crippen molar-refractivity contribution in [3.05, 3.63) is 53.9 Å². The summed E-state index contributed by atoms with van der Waals surface area (Å²) in [7, 11) is 0. The van der Waals surface area contributed by atoms with Gasteiger partial charge < -0.3 is 5.73 Å². The Hall–Kier alpha value is -1.61. The van der Waals surface area contributed by atoms with Gasteiger partial charge in [-0.3, -0.25) is 4.68 Å². The molecule has 1 fully saturated rings. The third-order valence-electron chi connectivity index (χ3n) is 4.94. The molecular weight excluding hydrogens is 258 g/mol. The first kappa shape index (κ1) is 14.3. The summed E-state index contributed by atoms with van der Waals surface area (Å²) in [5.41, 5.74) is 9.43.